The number of hydrogen-bond donors (Lipinski definition) is 0. The highest BCUT2D eigenvalue weighted by atomic mass is 32.2. The zero-order chi connectivity index (χ0) is 12.0. The lowest BCUT2D eigenvalue weighted by atomic mass is 10.2. The molecule has 0 aliphatic heterocycles. The molecule has 1 aliphatic rings. The maximum atomic E-state index is 12.4. The average Bonchev–Trinajstić information content (AvgIpc) is 2.92. The van der Waals surface area contributed by atoms with Crippen LogP contribution in [0.25, 0.3) is 0 Å². The van der Waals surface area contributed by atoms with Crippen molar-refractivity contribution in [1.29, 1.82) is 0 Å². The molecule has 0 heterocycles. The number of sulfone groups is 1. The average molecular weight is 236 g/mol. The van der Waals surface area contributed by atoms with Crippen LogP contribution in [0.1, 0.15) is 25.3 Å². The van der Waals surface area contributed by atoms with Crippen molar-refractivity contribution in [1.82, 2.24) is 0 Å². The summed E-state index contributed by atoms with van der Waals surface area (Å²) in [6.07, 6.45) is 1.22. The van der Waals surface area contributed by atoms with E-state index >= 15 is 0 Å². The molecule has 1 atom stereocenters. The Morgan fingerprint density at radius 2 is 1.81 bits per heavy atom. The van der Waals surface area contributed by atoms with Gasteiger partial charge in [-0.3, -0.25) is 0 Å². The third-order valence-electron chi connectivity index (χ3n) is 3.44. The maximum Gasteiger partial charge on any atom is 0.188 e. The molecule has 2 nitrogen and oxygen atoms in total. The largest absolute Gasteiger partial charge is 0.223 e. The summed E-state index contributed by atoms with van der Waals surface area (Å²) in [5, 5.41) is 0. The van der Waals surface area contributed by atoms with Gasteiger partial charge in [-0.2, -0.15) is 0 Å². The van der Waals surface area contributed by atoms with E-state index in [0.29, 0.717) is 17.7 Å². The van der Waals surface area contributed by atoms with Gasteiger partial charge < -0.3 is 0 Å². The Morgan fingerprint density at radius 3 is 2.19 bits per heavy atom. The first kappa shape index (κ1) is 11.4. The van der Waals surface area contributed by atoms with Crippen LogP contribution in [0.3, 0.4) is 0 Å². The second kappa shape index (κ2) is 3.45. The molecule has 1 unspecified atom stereocenters. The molecule has 0 aromatic heterocycles. The Kier molecular flexibility index (Phi) is 2.46. The van der Waals surface area contributed by atoms with Gasteiger partial charge in [0.05, 0.1) is 4.90 Å². The van der Waals surface area contributed by atoms with Crippen LogP contribution >= 0.6 is 0 Å². The van der Waals surface area contributed by atoms with E-state index in [1.54, 1.807) is 12.1 Å². The van der Waals surface area contributed by atoms with Crippen molar-refractivity contribution >= 4 is 9.84 Å². The highest BCUT2D eigenvalue weighted by Gasteiger charge is 2.57. The van der Waals surface area contributed by atoms with Crippen molar-refractivity contribution in [2.45, 2.75) is 36.3 Å². The van der Waals surface area contributed by atoms with Crippen LogP contribution in [-0.2, 0) is 9.84 Å². The maximum absolute atomic E-state index is 12.4. The van der Waals surface area contributed by atoms with Crippen molar-refractivity contribution < 1.29 is 8.42 Å². The molecule has 1 saturated carbocycles. The fourth-order valence-electron chi connectivity index (χ4n) is 2.09. The van der Waals surface area contributed by atoms with Crippen LogP contribution in [0.15, 0.2) is 41.3 Å². The van der Waals surface area contributed by atoms with Gasteiger partial charge in [0.2, 0.25) is 0 Å². The van der Waals surface area contributed by atoms with E-state index in [0.717, 1.165) is 11.1 Å². The Hall–Kier alpha value is -1.09. The van der Waals surface area contributed by atoms with Crippen molar-refractivity contribution in [3.05, 3.63) is 42.0 Å². The molecule has 86 valence electrons. The highest BCUT2D eigenvalue weighted by molar-refractivity contribution is 7.93. The normalized spacial score (nSPS) is 24.5. The molecular weight excluding hydrogens is 220 g/mol. The summed E-state index contributed by atoms with van der Waals surface area (Å²) in [6.45, 7) is 7.67. The Labute approximate surface area is 96.9 Å². The van der Waals surface area contributed by atoms with Gasteiger partial charge >= 0.3 is 0 Å². The molecule has 0 bridgehead atoms. The van der Waals surface area contributed by atoms with Crippen LogP contribution < -0.4 is 0 Å². The summed E-state index contributed by atoms with van der Waals surface area (Å²) in [4.78, 5) is 0.415. The van der Waals surface area contributed by atoms with E-state index in [9.17, 15) is 8.42 Å². The standard InChI is InChI=1S/C13H16O2S/c1-4-13(9-11(13)3)16(14,15)12-7-5-10(2)6-8-12/h5-8H,3-4,9H2,1-2H3. The Bertz CT molecular complexity index is 526. The SMILES string of the molecule is C=C1CC1(CC)S(=O)(=O)c1ccc(C)cc1. The van der Waals surface area contributed by atoms with Gasteiger partial charge in [-0.15, -0.1) is 0 Å². The van der Waals surface area contributed by atoms with Gasteiger partial charge in [-0.05, 0) is 31.9 Å². The summed E-state index contributed by atoms with van der Waals surface area (Å²) in [5.41, 5.74) is 1.91. The van der Waals surface area contributed by atoms with E-state index in [1.165, 1.54) is 0 Å². The minimum atomic E-state index is -3.24. The topological polar surface area (TPSA) is 34.1 Å². The van der Waals surface area contributed by atoms with Gasteiger partial charge in [-0.25, -0.2) is 8.42 Å². The first-order chi connectivity index (χ1) is 7.44. The molecule has 16 heavy (non-hydrogen) atoms. The molecule has 0 saturated heterocycles. The van der Waals surface area contributed by atoms with Crippen LogP contribution in [0.4, 0.5) is 0 Å². The van der Waals surface area contributed by atoms with Crippen molar-refractivity contribution in [3.63, 3.8) is 0 Å². The fraction of sp³-hybridized carbons (Fsp3) is 0.385. The number of hydrogen-bond acceptors (Lipinski definition) is 2. The minimum Gasteiger partial charge on any atom is -0.223 e. The first-order valence-electron chi connectivity index (χ1n) is 5.43. The highest BCUT2D eigenvalue weighted by Crippen LogP contribution is 2.53. The Balaban J connectivity index is 2.48. The molecule has 1 aromatic rings. The van der Waals surface area contributed by atoms with Gasteiger partial charge in [0.25, 0.3) is 0 Å². The molecule has 2 rings (SSSR count). The van der Waals surface area contributed by atoms with Crippen LogP contribution in [0.2, 0.25) is 0 Å². The molecule has 3 heteroatoms. The lowest BCUT2D eigenvalue weighted by Crippen LogP contribution is -2.22. The smallest absolute Gasteiger partial charge is 0.188 e. The van der Waals surface area contributed by atoms with Crippen molar-refractivity contribution in [3.8, 4) is 0 Å². The second-order valence-electron chi connectivity index (χ2n) is 4.44. The van der Waals surface area contributed by atoms with Gasteiger partial charge in [0.1, 0.15) is 4.75 Å². The fourth-order valence-corrected chi connectivity index (χ4v) is 4.16. The third-order valence-corrected chi connectivity index (χ3v) is 6.08. The molecule has 0 N–H and O–H groups in total. The Morgan fingerprint density at radius 1 is 1.31 bits per heavy atom. The quantitative estimate of drug-likeness (QED) is 0.756. The van der Waals surface area contributed by atoms with Crippen LogP contribution in [0.5, 0.6) is 0 Å². The number of rotatable bonds is 3. The summed E-state index contributed by atoms with van der Waals surface area (Å²) in [5.74, 6) is 0. The van der Waals surface area contributed by atoms with E-state index in [4.69, 9.17) is 0 Å². The summed E-state index contributed by atoms with van der Waals surface area (Å²) in [6, 6.07) is 7.05. The first-order valence-corrected chi connectivity index (χ1v) is 6.92. The third kappa shape index (κ3) is 1.42. The number of aryl methyl sites for hydroxylation is 1. The molecule has 1 aliphatic carbocycles. The lowest BCUT2D eigenvalue weighted by Gasteiger charge is -2.13. The monoisotopic (exact) mass is 236 g/mol. The lowest BCUT2D eigenvalue weighted by molar-refractivity contribution is 0.576. The molecule has 0 spiro atoms. The van der Waals surface area contributed by atoms with Crippen molar-refractivity contribution in [2.24, 2.45) is 0 Å². The second-order valence-corrected chi connectivity index (χ2v) is 6.70. The predicted octanol–water partition coefficient (Wildman–Crippen LogP) is 2.88. The van der Waals surface area contributed by atoms with Crippen LogP contribution in [0, 0.1) is 6.92 Å². The minimum absolute atomic E-state index is 0.415. The summed E-state index contributed by atoms with van der Waals surface area (Å²) >= 11 is 0. The molecule has 1 aromatic carbocycles. The van der Waals surface area contributed by atoms with E-state index in [-0.39, 0.29) is 0 Å². The van der Waals surface area contributed by atoms with Gasteiger partial charge in [-0.1, -0.05) is 36.8 Å². The van der Waals surface area contributed by atoms with E-state index < -0.39 is 14.6 Å². The molecule has 0 amide bonds. The molecular formula is C13H16O2S. The zero-order valence-corrected chi connectivity index (χ0v) is 10.5. The zero-order valence-electron chi connectivity index (χ0n) is 9.66. The van der Waals surface area contributed by atoms with E-state index in [2.05, 4.69) is 6.58 Å². The predicted molar refractivity (Wildman–Crippen MR) is 65.1 cm³/mol. The van der Waals surface area contributed by atoms with E-state index in [1.807, 2.05) is 26.0 Å². The van der Waals surface area contributed by atoms with Gasteiger partial charge in [0, 0.05) is 0 Å². The number of benzene rings is 1. The molecule has 1 fully saturated rings. The van der Waals surface area contributed by atoms with Crippen LogP contribution in [-0.4, -0.2) is 13.2 Å². The van der Waals surface area contributed by atoms with Crippen molar-refractivity contribution in [2.75, 3.05) is 0 Å². The molecule has 0 radical (unpaired) electrons. The summed E-state index contributed by atoms with van der Waals surface area (Å²) < 4.78 is 24.1. The summed E-state index contributed by atoms with van der Waals surface area (Å²) in [7, 11) is -3.24. The van der Waals surface area contributed by atoms with Gasteiger partial charge in [0.15, 0.2) is 9.84 Å².